The number of hydrogen-bond acceptors (Lipinski definition) is 6. The third-order valence-corrected chi connectivity index (χ3v) is 10.7. The Morgan fingerprint density at radius 2 is 2.00 bits per heavy atom. The number of nitro groups is 1. The minimum atomic E-state index is -1.23. The van der Waals surface area contributed by atoms with E-state index in [-0.39, 0.29) is 22.6 Å². The van der Waals surface area contributed by atoms with Crippen molar-refractivity contribution >= 4 is 5.91 Å². The first kappa shape index (κ1) is 25.4. The Kier molecular flexibility index (Phi) is 5.53. The molecule has 3 fully saturated rings. The van der Waals surface area contributed by atoms with Gasteiger partial charge in [0.15, 0.2) is 11.5 Å². The van der Waals surface area contributed by atoms with Crippen molar-refractivity contribution in [3.8, 4) is 23.3 Å². The molecule has 7 rings (SSSR count). The molecule has 2 aromatic carbocycles. The number of ether oxygens (including phenoxy) is 1. The normalized spacial score (nSPS) is 31.4. The molecular weight excluding hydrogens is 506 g/mol. The first-order valence-electron chi connectivity index (χ1n) is 14.4. The van der Waals surface area contributed by atoms with Crippen molar-refractivity contribution in [3.05, 3.63) is 68.3 Å². The summed E-state index contributed by atoms with van der Waals surface area (Å²) < 4.78 is 6.57. The number of aryl methyl sites for hydroxylation is 2. The van der Waals surface area contributed by atoms with E-state index < -0.39 is 23.1 Å². The SMILES string of the molecule is Cc1ccc(C#CC(=O)N(C)[C@@H]2CC[C@@]3([N+](=O)[O-])[C@H]4Cc5ccc(O)c6c5[C@@]3(CCN4CC3CC3)[C@H]2O6)cc1C. The van der Waals surface area contributed by atoms with Gasteiger partial charge in [0.2, 0.25) is 0 Å². The molecule has 0 aromatic heterocycles. The summed E-state index contributed by atoms with van der Waals surface area (Å²) in [6, 6.07) is 8.81. The van der Waals surface area contributed by atoms with Gasteiger partial charge in [-0.1, -0.05) is 18.1 Å². The van der Waals surface area contributed by atoms with E-state index in [9.17, 15) is 20.0 Å². The third kappa shape index (κ3) is 3.33. The van der Waals surface area contributed by atoms with E-state index in [0.717, 1.165) is 35.3 Å². The number of likely N-dealkylation sites (tertiary alicyclic amines) is 1. The van der Waals surface area contributed by atoms with Gasteiger partial charge in [-0.3, -0.25) is 19.8 Å². The highest BCUT2D eigenvalue weighted by atomic mass is 16.6. The molecule has 8 heteroatoms. The zero-order valence-electron chi connectivity index (χ0n) is 23.3. The number of nitrogens with zero attached hydrogens (tertiary/aromatic N) is 3. The second-order valence-electron chi connectivity index (χ2n) is 12.6. The van der Waals surface area contributed by atoms with Gasteiger partial charge in [0, 0.05) is 42.0 Å². The molecule has 8 nitrogen and oxygen atoms in total. The molecule has 2 aromatic rings. The maximum absolute atomic E-state index is 13.4. The number of amides is 1. The fraction of sp³-hybridized carbons (Fsp3) is 0.531. The molecule has 40 heavy (non-hydrogen) atoms. The van der Waals surface area contributed by atoms with Gasteiger partial charge in [0.05, 0.1) is 12.1 Å². The summed E-state index contributed by atoms with van der Waals surface area (Å²) in [5.41, 5.74) is 2.74. The fourth-order valence-corrected chi connectivity index (χ4v) is 8.41. The fourth-order valence-electron chi connectivity index (χ4n) is 8.41. The average Bonchev–Trinajstić information content (AvgIpc) is 3.68. The summed E-state index contributed by atoms with van der Waals surface area (Å²) in [7, 11) is 1.73. The van der Waals surface area contributed by atoms with Crippen LogP contribution < -0.4 is 4.74 Å². The van der Waals surface area contributed by atoms with E-state index in [0.29, 0.717) is 37.4 Å². The Hall–Kier alpha value is -3.57. The first-order valence-corrected chi connectivity index (χ1v) is 14.4. The van der Waals surface area contributed by atoms with Crippen LogP contribution in [0.1, 0.15) is 59.9 Å². The van der Waals surface area contributed by atoms with Gasteiger partial charge < -0.3 is 14.7 Å². The number of hydrogen-bond donors (Lipinski definition) is 1. The third-order valence-electron chi connectivity index (χ3n) is 10.7. The van der Waals surface area contributed by atoms with Crippen LogP contribution in [-0.2, 0) is 16.6 Å². The van der Waals surface area contributed by atoms with Crippen LogP contribution in [-0.4, -0.2) is 69.6 Å². The lowest BCUT2D eigenvalue weighted by Crippen LogP contribution is -2.80. The van der Waals surface area contributed by atoms with E-state index >= 15 is 0 Å². The lowest BCUT2D eigenvalue weighted by atomic mass is 9.46. The Labute approximate surface area is 234 Å². The van der Waals surface area contributed by atoms with Crippen molar-refractivity contribution in [2.45, 2.75) is 81.5 Å². The minimum Gasteiger partial charge on any atom is -0.504 e. The topological polar surface area (TPSA) is 96.2 Å². The van der Waals surface area contributed by atoms with Crippen LogP contribution in [0.15, 0.2) is 30.3 Å². The first-order chi connectivity index (χ1) is 19.2. The number of carbonyl (C=O) groups excluding carboxylic acids is 1. The lowest BCUT2D eigenvalue weighted by molar-refractivity contribution is -0.606. The Morgan fingerprint density at radius 1 is 1.20 bits per heavy atom. The van der Waals surface area contributed by atoms with Crippen molar-refractivity contribution in [1.29, 1.82) is 0 Å². The van der Waals surface area contributed by atoms with E-state index in [2.05, 4.69) is 16.7 Å². The van der Waals surface area contributed by atoms with Crippen molar-refractivity contribution in [3.63, 3.8) is 0 Å². The van der Waals surface area contributed by atoms with Gasteiger partial charge >= 0.3 is 0 Å². The number of phenolic OH excluding ortho intramolecular Hbond substituents is 1. The molecule has 0 unspecified atom stereocenters. The zero-order valence-corrected chi connectivity index (χ0v) is 23.3. The summed E-state index contributed by atoms with van der Waals surface area (Å²) in [5.74, 6) is 6.49. The number of carbonyl (C=O) groups is 1. The second-order valence-corrected chi connectivity index (χ2v) is 12.6. The molecule has 1 spiro atoms. The van der Waals surface area contributed by atoms with Gasteiger partial charge in [0.1, 0.15) is 11.5 Å². The van der Waals surface area contributed by atoms with Crippen LogP contribution >= 0.6 is 0 Å². The van der Waals surface area contributed by atoms with Gasteiger partial charge in [-0.05, 0) is 93.3 Å². The molecule has 2 saturated carbocycles. The number of aromatic hydroxyl groups is 1. The molecular formula is C32H35N3O5. The summed E-state index contributed by atoms with van der Waals surface area (Å²) in [4.78, 5) is 30.7. The summed E-state index contributed by atoms with van der Waals surface area (Å²) in [6.45, 7) is 5.71. The Morgan fingerprint density at radius 3 is 2.73 bits per heavy atom. The van der Waals surface area contributed by atoms with E-state index in [1.54, 1.807) is 18.0 Å². The molecule has 5 aliphatic rings. The molecule has 2 bridgehead atoms. The maximum atomic E-state index is 13.4. The summed E-state index contributed by atoms with van der Waals surface area (Å²) in [6.07, 6.45) is 3.70. The number of benzene rings is 2. The lowest BCUT2D eigenvalue weighted by Gasteiger charge is -2.61. The van der Waals surface area contributed by atoms with Crippen LogP contribution in [0.4, 0.5) is 0 Å². The summed E-state index contributed by atoms with van der Waals surface area (Å²) >= 11 is 0. The number of likely N-dealkylation sites (N-methyl/N-ethyl adjacent to an activating group) is 1. The number of piperidine rings is 1. The van der Waals surface area contributed by atoms with Gasteiger partial charge in [-0.2, -0.15) is 0 Å². The highest BCUT2D eigenvalue weighted by Gasteiger charge is 2.80. The van der Waals surface area contributed by atoms with Crippen LogP contribution in [0.25, 0.3) is 0 Å². The van der Waals surface area contributed by atoms with Crippen LogP contribution in [0.5, 0.6) is 11.5 Å². The Balaban J connectivity index is 1.29. The predicted molar refractivity (Wildman–Crippen MR) is 149 cm³/mol. The van der Waals surface area contributed by atoms with Gasteiger partial charge in [0.25, 0.3) is 11.4 Å². The smallest absolute Gasteiger partial charge is 0.298 e. The molecule has 3 aliphatic carbocycles. The summed E-state index contributed by atoms with van der Waals surface area (Å²) in [5, 5.41) is 24.2. The van der Waals surface area contributed by atoms with Crippen LogP contribution in [0.2, 0.25) is 0 Å². The largest absolute Gasteiger partial charge is 0.504 e. The Bertz CT molecular complexity index is 1510. The molecule has 208 valence electrons. The maximum Gasteiger partial charge on any atom is 0.298 e. The molecule has 2 heterocycles. The van der Waals surface area contributed by atoms with Crippen LogP contribution in [0.3, 0.4) is 0 Å². The van der Waals surface area contributed by atoms with Crippen molar-refractivity contribution in [2.75, 3.05) is 20.1 Å². The highest BCUT2D eigenvalue weighted by Crippen LogP contribution is 2.67. The van der Waals surface area contributed by atoms with Gasteiger partial charge in [-0.25, -0.2) is 0 Å². The number of phenols is 1. The molecule has 1 N–H and O–H groups in total. The van der Waals surface area contributed by atoms with Crippen molar-refractivity contribution < 1.29 is 19.6 Å². The average molecular weight is 542 g/mol. The molecule has 0 radical (unpaired) electrons. The molecule has 2 aliphatic heterocycles. The van der Waals surface area contributed by atoms with E-state index in [1.807, 2.05) is 38.1 Å². The van der Waals surface area contributed by atoms with Gasteiger partial charge in [-0.15, -0.1) is 0 Å². The van der Waals surface area contributed by atoms with Crippen molar-refractivity contribution in [1.82, 2.24) is 9.80 Å². The monoisotopic (exact) mass is 541 g/mol. The molecule has 1 amide bonds. The number of rotatable bonds is 4. The van der Waals surface area contributed by atoms with Crippen LogP contribution in [0, 0.1) is 41.7 Å². The highest BCUT2D eigenvalue weighted by molar-refractivity contribution is 5.94. The molecule has 1 saturated heterocycles. The van der Waals surface area contributed by atoms with Crippen molar-refractivity contribution in [2.24, 2.45) is 5.92 Å². The van der Waals surface area contributed by atoms with E-state index in [4.69, 9.17) is 4.74 Å². The quantitative estimate of drug-likeness (QED) is 0.360. The van der Waals surface area contributed by atoms with E-state index in [1.165, 1.54) is 18.4 Å². The standard InChI is InChI=1S/C32H35N3O5/c1-19-4-5-21(16-20(19)2)8-11-27(37)33(3)24-12-13-32(35(38)39)26-17-23-9-10-25(36)29-28(23)31(32,30(24)40-29)14-15-34(26)18-22-6-7-22/h4-5,9-10,16,22,24,26,30,36H,6-7,12-15,17-18H2,1-3H3/t24-,26-,30+,31+,32-/m1/s1. The zero-order chi connectivity index (χ0) is 28.0. The second kappa shape index (κ2) is 8.71. The molecule has 5 atom stereocenters. The minimum absolute atomic E-state index is 0.0147. The predicted octanol–water partition coefficient (Wildman–Crippen LogP) is 3.74.